The van der Waals surface area contributed by atoms with Gasteiger partial charge in [-0.15, -0.1) is 11.8 Å². The van der Waals surface area contributed by atoms with Gasteiger partial charge >= 0.3 is 5.97 Å². The molecule has 1 unspecified atom stereocenters. The SMILES string of the molecule is CC(C)C(SCc1ccc(F)cc1F)C(=O)O. The molecule has 0 aliphatic heterocycles. The van der Waals surface area contributed by atoms with Gasteiger partial charge in [0, 0.05) is 11.8 Å². The second-order valence-electron chi connectivity index (χ2n) is 4.05. The molecule has 1 N–H and O–H groups in total. The van der Waals surface area contributed by atoms with Crippen molar-refractivity contribution < 1.29 is 18.7 Å². The molecule has 0 bridgehead atoms. The van der Waals surface area contributed by atoms with Crippen LogP contribution in [-0.2, 0) is 10.5 Å². The van der Waals surface area contributed by atoms with Crippen molar-refractivity contribution in [3.63, 3.8) is 0 Å². The Kier molecular flexibility index (Phi) is 4.93. The van der Waals surface area contributed by atoms with Crippen LogP contribution in [0.5, 0.6) is 0 Å². The Bertz CT molecular complexity index is 407. The molecule has 0 spiro atoms. The summed E-state index contributed by atoms with van der Waals surface area (Å²) in [6, 6.07) is 3.32. The minimum Gasteiger partial charge on any atom is -0.480 e. The average Bonchev–Trinajstić information content (AvgIpc) is 2.20. The van der Waals surface area contributed by atoms with Crippen LogP contribution < -0.4 is 0 Å². The minimum absolute atomic E-state index is 0.0407. The highest BCUT2D eigenvalue weighted by molar-refractivity contribution is 7.99. The maximum absolute atomic E-state index is 13.3. The molecule has 5 heteroatoms. The van der Waals surface area contributed by atoms with Gasteiger partial charge in [-0.05, 0) is 17.5 Å². The number of aliphatic carboxylic acids is 1. The fourth-order valence-corrected chi connectivity index (χ4v) is 2.49. The number of hydrogen-bond donors (Lipinski definition) is 1. The summed E-state index contributed by atoms with van der Waals surface area (Å²) in [6.45, 7) is 3.60. The molecule has 17 heavy (non-hydrogen) atoms. The number of rotatable bonds is 5. The smallest absolute Gasteiger partial charge is 0.316 e. The Morgan fingerprint density at radius 2 is 2.06 bits per heavy atom. The third kappa shape index (κ3) is 4.00. The lowest BCUT2D eigenvalue weighted by Crippen LogP contribution is -2.22. The highest BCUT2D eigenvalue weighted by Gasteiger charge is 2.22. The van der Waals surface area contributed by atoms with Gasteiger partial charge in [0.1, 0.15) is 16.9 Å². The zero-order valence-corrected chi connectivity index (χ0v) is 10.4. The maximum Gasteiger partial charge on any atom is 0.316 e. The molecule has 1 rings (SSSR count). The molecule has 0 fully saturated rings. The first-order chi connectivity index (χ1) is 7.91. The van der Waals surface area contributed by atoms with E-state index >= 15 is 0 Å². The summed E-state index contributed by atoms with van der Waals surface area (Å²) in [5.41, 5.74) is 0.322. The molecule has 0 heterocycles. The molecule has 0 saturated carbocycles. The van der Waals surface area contributed by atoms with Crippen LogP contribution in [0.1, 0.15) is 19.4 Å². The van der Waals surface area contributed by atoms with Crippen molar-refractivity contribution in [3.8, 4) is 0 Å². The highest BCUT2D eigenvalue weighted by atomic mass is 32.2. The average molecular weight is 260 g/mol. The lowest BCUT2D eigenvalue weighted by Gasteiger charge is -2.15. The van der Waals surface area contributed by atoms with Gasteiger partial charge in [-0.2, -0.15) is 0 Å². The fourth-order valence-electron chi connectivity index (χ4n) is 1.37. The maximum atomic E-state index is 13.3. The van der Waals surface area contributed by atoms with Gasteiger partial charge in [-0.25, -0.2) is 8.78 Å². The normalized spacial score (nSPS) is 12.8. The van der Waals surface area contributed by atoms with E-state index in [0.717, 1.165) is 17.8 Å². The first kappa shape index (κ1) is 14.0. The quantitative estimate of drug-likeness (QED) is 0.882. The fraction of sp³-hybridized carbons (Fsp3) is 0.417. The van der Waals surface area contributed by atoms with E-state index < -0.39 is 22.9 Å². The van der Waals surface area contributed by atoms with Gasteiger partial charge in [0.2, 0.25) is 0 Å². The second-order valence-corrected chi connectivity index (χ2v) is 5.18. The molecule has 0 aliphatic rings. The first-order valence-corrected chi connectivity index (χ1v) is 6.25. The van der Waals surface area contributed by atoms with Crippen LogP contribution in [0.4, 0.5) is 8.78 Å². The minimum atomic E-state index is -0.910. The summed E-state index contributed by atoms with van der Waals surface area (Å²) in [6.07, 6.45) is 0. The third-order valence-corrected chi connectivity index (χ3v) is 3.87. The topological polar surface area (TPSA) is 37.3 Å². The molecule has 2 nitrogen and oxygen atoms in total. The van der Waals surface area contributed by atoms with Crippen molar-refractivity contribution in [2.45, 2.75) is 24.9 Å². The summed E-state index contributed by atoms with van der Waals surface area (Å²) >= 11 is 1.15. The predicted octanol–water partition coefficient (Wildman–Crippen LogP) is 3.31. The van der Waals surface area contributed by atoms with Crippen LogP contribution in [0.2, 0.25) is 0 Å². The van der Waals surface area contributed by atoms with Crippen molar-refractivity contribution in [2.24, 2.45) is 5.92 Å². The molecule has 0 aromatic heterocycles. The molecule has 1 aromatic rings. The van der Waals surface area contributed by atoms with Gasteiger partial charge in [0.15, 0.2) is 0 Å². The van der Waals surface area contributed by atoms with Crippen molar-refractivity contribution in [1.82, 2.24) is 0 Å². The largest absolute Gasteiger partial charge is 0.480 e. The van der Waals surface area contributed by atoms with E-state index in [4.69, 9.17) is 5.11 Å². The number of thioether (sulfide) groups is 1. The molecular formula is C12H14F2O2S. The second kappa shape index (κ2) is 6.00. The summed E-state index contributed by atoms with van der Waals surface area (Å²) in [7, 11) is 0. The molecule has 0 saturated heterocycles. The Balaban J connectivity index is 2.69. The van der Waals surface area contributed by atoms with Crippen LogP contribution in [0.25, 0.3) is 0 Å². The number of carboxylic acid groups (broad SMARTS) is 1. The number of carboxylic acids is 1. The lowest BCUT2D eigenvalue weighted by atomic mass is 10.1. The van der Waals surface area contributed by atoms with E-state index in [2.05, 4.69) is 0 Å². The number of benzene rings is 1. The number of hydrogen-bond acceptors (Lipinski definition) is 2. The van der Waals surface area contributed by atoms with Crippen molar-refractivity contribution in [3.05, 3.63) is 35.4 Å². The Labute approximate surface area is 103 Å². The van der Waals surface area contributed by atoms with Gasteiger partial charge in [-0.1, -0.05) is 19.9 Å². The first-order valence-electron chi connectivity index (χ1n) is 5.20. The van der Waals surface area contributed by atoms with Crippen LogP contribution in [-0.4, -0.2) is 16.3 Å². The number of halogens is 2. The molecule has 94 valence electrons. The zero-order valence-electron chi connectivity index (χ0n) is 9.61. The van der Waals surface area contributed by atoms with Gasteiger partial charge in [0.25, 0.3) is 0 Å². The van der Waals surface area contributed by atoms with Crippen molar-refractivity contribution in [1.29, 1.82) is 0 Å². The molecule has 1 aromatic carbocycles. The van der Waals surface area contributed by atoms with Crippen LogP contribution >= 0.6 is 11.8 Å². The summed E-state index contributed by atoms with van der Waals surface area (Å²) < 4.78 is 26.0. The van der Waals surface area contributed by atoms with Crippen molar-refractivity contribution in [2.75, 3.05) is 0 Å². The Morgan fingerprint density at radius 1 is 1.41 bits per heavy atom. The van der Waals surface area contributed by atoms with Gasteiger partial charge < -0.3 is 5.11 Å². The Hall–Kier alpha value is -1.10. The zero-order chi connectivity index (χ0) is 13.0. The molecule has 0 amide bonds. The van der Waals surface area contributed by atoms with E-state index in [1.54, 1.807) is 13.8 Å². The standard InChI is InChI=1S/C12H14F2O2S/c1-7(2)11(12(15)16)17-6-8-3-4-9(13)5-10(8)14/h3-5,7,11H,6H2,1-2H3,(H,15,16). The summed E-state index contributed by atoms with van der Waals surface area (Å²) in [5, 5.41) is 8.38. The van der Waals surface area contributed by atoms with E-state index in [0.29, 0.717) is 5.56 Å². The van der Waals surface area contributed by atoms with Gasteiger partial charge in [-0.3, -0.25) is 4.79 Å². The molecule has 1 atom stereocenters. The van der Waals surface area contributed by atoms with Gasteiger partial charge in [0.05, 0.1) is 0 Å². The third-order valence-electron chi connectivity index (χ3n) is 2.28. The summed E-state index contributed by atoms with van der Waals surface area (Å²) in [5.74, 6) is -1.99. The monoisotopic (exact) mass is 260 g/mol. The molecule has 0 aliphatic carbocycles. The summed E-state index contributed by atoms with van der Waals surface area (Å²) in [4.78, 5) is 10.9. The van der Waals surface area contributed by atoms with Crippen molar-refractivity contribution >= 4 is 17.7 Å². The van der Waals surface area contributed by atoms with E-state index in [1.807, 2.05) is 0 Å². The lowest BCUT2D eigenvalue weighted by molar-refractivity contribution is -0.137. The number of carbonyl (C=O) groups is 1. The van der Waals surface area contributed by atoms with Crippen LogP contribution in [0.15, 0.2) is 18.2 Å². The highest BCUT2D eigenvalue weighted by Crippen LogP contribution is 2.25. The predicted molar refractivity (Wildman–Crippen MR) is 63.9 cm³/mol. The van der Waals surface area contributed by atoms with E-state index in [1.165, 1.54) is 12.1 Å². The van der Waals surface area contributed by atoms with E-state index in [-0.39, 0.29) is 11.7 Å². The molecular weight excluding hydrogens is 246 g/mol. The van der Waals surface area contributed by atoms with E-state index in [9.17, 15) is 13.6 Å². The van der Waals surface area contributed by atoms with Crippen LogP contribution in [0.3, 0.4) is 0 Å². The Morgan fingerprint density at radius 3 is 2.53 bits per heavy atom. The van der Waals surface area contributed by atoms with Crippen LogP contribution in [0, 0.1) is 17.6 Å². The molecule has 0 radical (unpaired) electrons.